The van der Waals surface area contributed by atoms with E-state index in [4.69, 9.17) is 16.3 Å². The number of alkyl halides is 3. The van der Waals surface area contributed by atoms with E-state index in [-0.39, 0.29) is 23.0 Å². The van der Waals surface area contributed by atoms with Gasteiger partial charge >= 0.3 is 6.18 Å². The minimum atomic E-state index is -4.71. The molecule has 0 unspecified atom stereocenters. The van der Waals surface area contributed by atoms with Crippen LogP contribution in [0, 0.1) is 24.8 Å². The van der Waals surface area contributed by atoms with Crippen molar-refractivity contribution in [2.75, 3.05) is 5.32 Å². The van der Waals surface area contributed by atoms with Crippen molar-refractivity contribution in [1.29, 1.82) is 5.26 Å². The van der Waals surface area contributed by atoms with E-state index in [9.17, 15) is 18.3 Å². The Morgan fingerprint density at radius 3 is 2.42 bits per heavy atom. The summed E-state index contributed by atoms with van der Waals surface area (Å²) in [4.78, 5) is 2.95. The van der Waals surface area contributed by atoms with E-state index in [0.717, 1.165) is 6.07 Å². The zero-order valence-corrected chi connectivity index (χ0v) is 16.4. The first kappa shape index (κ1) is 21.8. The molecule has 0 fully saturated rings. The van der Waals surface area contributed by atoms with Crippen molar-refractivity contribution in [3.8, 4) is 17.5 Å². The van der Waals surface area contributed by atoms with Crippen molar-refractivity contribution in [3.05, 3.63) is 70.4 Å². The van der Waals surface area contributed by atoms with Crippen LogP contribution >= 0.6 is 0 Å². The van der Waals surface area contributed by atoms with Crippen LogP contribution in [-0.4, -0.2) is 21.4 Å². The third-order valence-corrected chi connectivity index (χ3v) is 4.61. The molecule has 0 aliphatic rings. The Labute approximate surface area is 175 Å². The summed E-state index contributed by atoms with van der Waals surface area (Å²) < 4.78 is 46.0. The van der Waals surface area contributed by atoms with Crippen molar-refractivity contribution in [3.63, 3.8) is 0 Å². The van der Waals surface area contributed by atoms with Crippen molar-refractivity contribution in [1.82, 2.24) is 10.2 Å². The van der Waals surface area contributed by atoms with Gasteiger partial charge in [0.1, 0.15) is 6.04 Å². The zero-order valence-electron chi connectivity index (χ0n) is 16.4. The smallest absolute Gasteiger partial charge is 0.407 e. The SMILES string of the molecule is [C-]#[N+]c1ccc(N[C@@H](c2nnc(-c3ccc(C#N)cc3)o2)[C@@H](C)O)c(C)c1C(F)(F)F. The summed E-state index contributed by atoms with van der Waals surface area (Å²) in [6.07, 6.45) is -5.81. The Kier molecular flexibility index (Phi) is 5.95. The highest BCUT2D eigenvalue weighted by atomic mass is 19.4. The second-order valence-corrected chi connectivity index (χ2v) is 6.74. The number of hydrogen-bond donors (Lipinski definition) is 2. The maximum Gasteiger partial charge on any atom is 0.407 e. The van der Waals surface area contributed by atoms with E-state index in [1.165, 1.54) is 19.9 Å². The van der Waals surface area contributed by atoms with Gasteiger partial charge in [-0.3, -0.25) is 0 Å². The molecule has 158 valence electrons. The largest absolute Gasteiger partial charge is 0.418 e. The molecule has 0 saturated heterocycles. The van der Waals surface area contributed by atoms with Gasteiger partial charge in [0.15, 0.2) is 5.69 Å². The molecule has 0 bridgehead atoms. The standard InChI is InChI=1S/C21H16F3N5O2/c1-11-15(8-9-16(26-3)17(11)21(22,23)24)27-18(12(2)30)20-29-28-19(31-20)14-6-4-13(10-25)5-7-14/h4-9,12,18,27,30H,1-2H3/t12-,18-/m1/s1. The lowest BCUT2D eigenvalue weighted by atomic mass is 10.0. The Morgan fingerprint density at radius 2 is 1.87 bits per heavy atom. The lowest BCUT2D eigenvalue weighted by Crippen LogP contribution is -2.24. The van der Waals surface area contributed by atoms with Crippen LogP contribution in [0.1, 0.15) is 35.5 Å². The van der Waals surface area contributed by atoms with Gasteiger partial charge in [0, 0.05) is 11.3 Å². The fraction of sp³-hybridized carbons (Fsp3) is 0.238. The van der Waals surface area contributed by atoms with Gasteiger partial charge in [-0.15, -0.1) is 10.2 Å². The van der Waals surface area contributed by atoms with Crippen molar-refractivity contribution < 1.29 is 22.7 Å². The predicted octanol–water partition coefficient (Wildman–Crippen LogP) is 5.02. The third kappa shape index (κ3) is 4.49. The van der Waals surface area contributed by atoms with Gasteiger partial charge in [-0.2, -0.15) is 18.4 Å². The van der Waals surface area contributed by atoms with Crippen LogP contribution in [-0.2, 0) is 6.18 Å². The Hall–Kier alpha value is -3.89. The summed E-state index contributed by atoms with van der Waals surface area (Å²) in [6, 6.07) is 9.78. The summed E-state index contributed by atoms with van der Waals surface area (Å²) in [7, 11) is 0. The molecular weight excluding hydrogens is 411 g/mol. The Bertz CT molecular complexity index is 1170. The van der Waals surface area contributed by atoms with Crippen molar-refractivity contribution in [2.24, 2.45) is 0 Å². The van der Waals surface area contributed by atoms with Crippen LogP contribution < -0.4 is 5.32 Å². The van der Waals surface area contributed by atoms with Gasteiger partial charge in [0.2, 0.25) is 11.8 Å². The molecule has 0 aliphatic heterocycles. The van der Waals surface area contributed by atoms with E-state index in [1.54, 1.807) is 24.3 Å². The first-order valence-electron chi connectivity index (χ1n) is 9.02. The number of anilines is 1. The number of benzene rings is 2. The fourth-order valence-electron chi connectivity index (χ4n) is 3.03. The van der Waals surface area contributed by atoms with E-state index >= 15 is 0 Å². The molecule has 31 heavy (non-hydrogen) atoms. The first-order valence-corrected chi connectivity index (χ1v) is 9.02. The van der Waals surface area contributed by atoms with Crippen LogP contribution in [0.15, 0.2) is 40.8 Å². The molecule has 0 spiro atoms. The van der Waals surface area contributed by atoms with Gasteiger partial charge in [0.05, 0.1) is 29.9 Å². The average Bonchev–Trinajstić information content (AvgIpc) is 3.21. The summed E-state index contributed by atoms with van der Waals surface area (Å²) in [6.45, 7) is 9.67. The molecule has 0 saturated carbocycles. The molecule has 0 aliphatic carbocycles. The highest BCUT2D eigenvalue weighted by Crippen LogP contribution is 2.42. The minimum Gasteiger partial charge on any atom is -0.418 e. The number of hydrogen-bond acceptors (Lipinski definition) is 6. The molecular formula is C21H16F3N5O2. The minimum absolute atomic E-state index is 0.0310. The fourth-order valence-corrected chi connectivity index (χ4v) is 3.03. The van der Waals surface area contributed by atoms with Gasteiger partial charge in [-0.1, -0.05) is 6.07 Å². The zero-order chi connectivity index (χ0) is 22.8. The summed E-state index contributed by atoms with van der Waals surface area (Å²) in [5.41, 5.74) is -0.669. The lowest BCUT2D eigenvalue weighted by molar-refractivity contribution is -0.137. The quantitative estimate of drug-likeness (QED) is 0.555. The monoisotopic (exact) mass is 427 g/mol. The van der Waals surface area contributed by atoms with Gasteiger partial charge in [-0.05, 0) is 49.7 Å². The van der Waals surface area contributed by atoms with Crippen LogP contribution in [0.5, 0.6) is 0 Å². The van der Waals surface area contributed by atoms with E-state index in [0.29, 0.717) is 11.1 Å². The predicted molar refractivity (Wildman–Crippen MR) is 105 cm³/mol. The number of nitriles is 1. The third-order valence-electron chi connectivity index (χ3n) is 4.61. The second-order valence-electron chi connectivity index (χ2n) is 6.74. The van der Waals surface area contributed by atoms with Gasteiger partial charge in [0.25, 0.3) is 0 Å². The molecule has 1 aromatic heterocycles. The number of aromatic nitrogens is 2. The molecule has 3 aromatic rings. The topological polar surface area (TPSA) is 99.3 Å². The van der Waals surface area contributed by atoms with Gasteiger partial charge in [-0.25, -0.2) is 4.85 Å². The molecule has 3 rings (SSSR count). The van der Waals surface area contributed by atoms with Crippen molar-refractivity contribution in [2.45, 2.75) is 32.2 Å². The molecule has 7 nitrogen and oxygen atoms in total. The molecule has 2 aromatic carbocycles. The number of nitrogens with one attached hydrogen (secondary N) is 1. The lowest BCUT2D eigenvalue weighted by Gasteiger charge is -2.22. The number of rotatable bonds is 5. The molecule has 2 atom stereocenters. The van der Waals surface area contributed by atoms with E-state index in [1.807, 2.05) is 6.07 Å². The van der Waals surface area contributed by atoms with Crippen LogP contribution in [0.25, 0.3) is 16.3 Å². The Morgan fingerprint density at radius 1 is 1.19 bits per heavy atom. The van der Waals surface area contributed by atoms with Crippen LogP contribution in [0.4, 0.5) is 24.5 Å². The number of nitrogens with zero attached hydrogens (tertiary/aromatic N) is 4. The maximum atomic E-state index is 13.5. The molecule has 10 heteroatoms. The first-order chi connectivity index (χ1) is 14.7. The molecule has 2 N–H and O–H groups in total. The highest BCUT2D eigenvalue weighted by Gasteiger charge is 2.36. The van der Waals surface area contributed by atoms with Crippen LogP contribution in [0.3, 0.4) is 0 Å². The summed E-state index contributed by atoms with van der Waals surface area (Å²) in [5.74, 6) is 0.0968. The van der Waals surface area contributed by atoms with E-state index in [2.05, 4.69) is 20.4 Å². The number of aliphatic hydroxyl groups is 1. The summed E-state index contributed by atoms with van der Waals surface area (Å²) >= 11 is 0. The average molecular weight is 427 g/mol. The summed E-state index contributed by atoms with van der Waals surface area (Å²) in [5, 5.41) is 29.7. The normalized spacial score (nSPS) is 13.2. The molecule has 0 radical (unpaired) electrons. The van der Waals surface area contributed by atoms with Crippen molar-refractivity contribution >= 4 is 11.4 Å². The number of halogens is 3. The maximum absolute atomic E-state index is 13.5. The molecule has 0 amide bonds. The molecule has 1 heterocycles. The second kappa shape index (κ2) is 8.46. The van der Waals surface area contributed by atoms with Gasteiger partial charge < -0.3 is 14.8 Å². The number of aliphatic hydroxyl groups excluding tert-OH is 1. The van der Waals surface area contributed by atoms with E-state index < -0.39 is 29.6 Å². The highest BCUT2D eigenvalue weighted by molar-refractivity contribution is 5.67. The van der Waals surface area contributed by atoms with Crippen LogP contribution in [0.2, 0.25) is 0 Å². The Balaban J connectivity index is 1.95.